The van der Waals surface area contributed by atoms with Crippen molar-refractivity contribution < 1.29 is 13.9 Å². The molecule has 1 N–H and O–H groups in total. The smallest absolute Gasteiger partial charge is 0.280 e. The Hall–Kier alpha value is -3.82. The van der Waals surface area contributed by atoms with Gasteiger partial charge >= 0.3 is 0 Å². The maximum absolute atomic E-state index is 14.6. The predicted molar refractivity (Wildman–Crippen MR) is 171 cm³/mol. The molecule has 4 aromatic rings. The molecule has 1 aromatic carbocycles. The minimum absolute atomic E-state index is 0.122. The van der Waals surface area contributed by atoms with Crippen molar-refractivity contribution in [3.63, 3.8) is 0 Å². The number of benzene rings is 1. The van der Waals surface area contributed by atoms with Crippen molar-refractivity contribution in [2.45, 2.75) is 63.8 Å². The molecule has 8 nitrogen and oxygen atoms in total. The molecule has 2 aliphatic heterocycles. The van der Waals surface area contributed by atoms with Gasteiger partial charge in [0.25, 0.3) is 11.5 Å². The Labute approximate surface area is 262 Å². The van der Waals surface area contributed by atoms with Crippen LogP contribution in [-0.4, -0.2) is 69.6 Å². The number of piperidine rings is 1. The van der Waals surface area contributed by atoms with Gasteiger partial charge in [-0.15, -0.1) is 0 Å². The molecule has 0 spiro atoms. The molecule has 5 heterocycles. The largest absolute Gasteiger partial charge is 0.378 e. The van der Waals surface area contributed by atoms with Crippen molar-refractivity contribution in [1.82, 2.24) is 24.3 Å². The van der Waals surface area contributed by atoms with E-state index in [1.54, 1.807) is 15.5 Å². The molecule has 8 rings (SSSR count). The number of ether oxygens (including phenoxy) is 1. The molecular formula is C36H40FN5O3. The maximum atomic E-state index is 14.6. The molecule has 4 aliphatic rings. The van der Waals surface area contributed by atoms with E-state index in [0.717, 1.165) is 67.7 Å². The topological polar surface area (TPSA) is 83.5 Å². The molecule has 0 radical (unpaired) electrons. The molecule has 2 saturated carbocycles. The second-order valence-electron chi connectivity index (χ2n) is 13.6. The van der Waals surface area contributed by atoms with Crippen LogP contribution in [0.2, 0.25) is 0 Å². The Balaban J connectivity index is 1.23. The van der Waals surface area contributed by atoms with Crippen LogP contribution < -0.4 is 5.56 Å². The zero-order chi connectivity index (χ0) is 30.7. The summed E-state index contributed by atoms with van der Waals surface area (Å²) >= 11 is 0. The SMILES string of the molecule is C[C@H]1CCCN(Cc2cc3c(C4CC4)cn(-c4cc(-c5ccc(F)cc5C(=O)N5CCOCC5)cc(C5CC5)n4)c(=O)c3[nH]2)C1. The number of H-pyrrole nitrogens is 1. The summed E-state index contributed by atoms with van der Waals surface area (Å²) in [7, 11) is 0. The van der Waals surface area contributed by atoms with Gasteiger partial charge in [-0.05, 0) is 104 Å². The van der Waals surface area contributed by atoms with Crippen LogP contribution in [0.3, 0.4) is 0 Å². The number of carbonyl (C=O) groups is 1. The second kappa shape index (κ2) is 11.5. The standard InChI is InChI=1S/C36H40FN5O3/c1-22-3-2-10-40(19-22)20-27-18-29-31(23-4-5-23)21-42(36(44)34(29)38-27)33-16-25(15-32(39-33)24-6-7-24)28-9-8-26(37)17-30(28)35(43)41-11-13-45-14-12-41/h8-9,15-18,21-24,38H,2-7,10-14,19-20H2,1H3/t22-/m0/s1. The van der Waals surface area contributed by atoms with Gasteiger partial charge in [0, 0.05) is 55.1 Å². The first-order valence-corrected chi connectivity index (χ1v) is 16.6. The van der Waals surface area contributed by atoms with Crippen molar-refractivity contribution >= 4 is 16.8 Å². The molecule has 1 amide bonds. The number of aromatic nitrogens is 3. The summed E-state index contributed by atoms with van der Waals surface area (Å²) in [6.45, 7) is 7.16. The van der Waals surface area contributed by atoms with Gasteiger partial charge in [0.2, 0.25) is 0 Å². The molecule has 234 valence electrons. The number of hydrogen-bond donors (Lipinski definition) is 1. The number of pyridine rings is 2. The number of nitrogens with zero attached hydrogens (tertiary/aromatic N) is 4. The average molecular weight is 610 g/mol. The van der Waals surface area contributed by atoms with Crippen LogP contribution in [0.4, 0.5) is 4.39 Å². The monoisotopic (exact) mass is 609 g/mol. The Kier molecular flexibility index (Phi) is 7.33. The first-order chi connectivity index (χ1) is 21.9. The number of carbonyl (C=O) groups excluding carboxylic acids is 1. The molecule has 3 aromatic heterocycles. The van der Waals surface area contributed by atoms with E-state index in [4.69, 9.17) is 9.72 Å². The summed E-state index contributed by atoms with van der Waals surface area (Å²) < 4.78 is 21.7. The Morgan fingerprint density at radius 1 is 1.02 bits per heavy atom. The Morgan fingerprint density at radius 3 is 2.58 bits per heavy atom. The highest BCUT2D eigenvalue weighted by atomic mass is 19.1. The summed E-state index contributed by atoms with van der Waals surface area (Å²) in [6, 6.07) is 10.5. The van der Waals surface area contributed by atoms with Crippen LogP contribution in [0.1, 0.15) is 84.6 Å². The Bertz CT molecular complexity index is 1830. The van der Waals surface area contributed by atoms with Gasteiger partial charge < -0.3 is 14.6 Å². The molecule has 4 fully saturated rings. The lowest BCUT2D eigenvalue weighted by Crippen LogP contribution is -2.40. The van der Waals surface area contributed by atoms with Crippen LogP contribution >= 0.6 is 0 Å². The minimum Gasteiger partial charge on any atom is -0.378 e. The fraction of sp³-hybridized carbons (Fsp3) is 0.472. The van der Waals surface area contributed by atoms with Gasteiger partial charge in [-0.1, -0.05) is 13.0 Å². The van der Waals surface area contributed by atoms with E-state index < -0.39 is 5.82 Å². The lowest BCUT2D eigenvalue weighted by molar-refractivity contribution is 0.0303. The highest BCUT2D eigenvalue weighted by Crippen LogP contribution is 2.44. The van der Waals surface area contributed by atoms with Crippen LogP contribution in [0.15, 0.2) is 47.4 Å². The number of aromatic amines is 1. The molecule has 2 aliphatic carbocycles. The Morgan fingerprint density at radius 2 is 1.82 bits per heavy atom. The lowest BCUT2D eigenvalue weighted by Gasteiger charge is -2.30. The van der Waals surface area contributed by atoms with Crippen molar-refractivity contribution in [2.75, 3.05) is 39.4 Å². The molecule has 2 saturated heterocycles. The van der Waals surface area contributed by atoms with Crippen LogP contribution in [0.25, 0.3) is 27.8 Å². The average Bonchev–Trinajstić information content (AvgIpc) is 3.99. The van der Waals surface area contributed by atoms with E-state index in [9.17, 15) is 14.0 Å². The number of halogens is 1. The van der Waals surface area contributed by atoms with Gasteiger partial charge in [0.05, 0.1) is 18.8 Å². The maximum Gasteiger partial charge on any atom is 0.280 e. The van der Waals surface area contributed by atoms with E-state index in [0.29, 0.717) is 66.5 Å². The number of hydrogen-bond acceptors (Lipinski definition) is 5. The van der Waals surface area contributed by atoms with E-state index in [-0.39, 0.29) is 11.5 Å². The molecule has 9 heteroatoms. The molecule has 0 bridgehead atoms. The fourth-order valence-electron chi connectivity index (χ4n) is 7.23. The van der Waals surface area contributed by atoms with E-state index >= 15 is 0 Å². The van der Waals surface area contributed by atoms with Crippen LogP contribution in [0, 0.1) is 11.7 Å². The number of fused-ring (bicyclic) bond motifs is 1. The highest BCUT2D eigenvalue weighted by Gasteiger charge is 2.31. The van der Waals surface area contributed by atoms with Crippen LogP contribution in [0.5, 0.6) is 0 Å². The molecule has 1 atom stereocenters. The molecule has 0 unspecified atom stereocenters. The number of morpholine rings is 1. The van der Waals surface area contributed by atoms with Crippen molar-refractivity contribution in [1.29, 1.82) is 0 Å². The van der Waals surface area contributed by atoms with Gasteiger partial charge in [-0.2, -0.15) is 0 Å². The van der Waals surface area contributed by atoms with Crippen molar-refractivity contribution in [3.8, 4) is 16.9 Å². The van der Waals surface area contributed by atoms with Crippen molar-refractivity contribution in [2.24, 2.45) is 5.92 Å². The second-order valence-corrected chi connectivity index (χ2v) is 13.6. The lowest BCUT2D eigenvalue weighted by atomic mass is 9.97. The number of amides is 1. The van der Waals surface area contributed by atoms with Gasteiger partial charge in [0.15, 0.2) is 0 Å². The number of nitrogens with one attached hydrogen (secondary N) is 1. The third-order valence-corrected chi connectivity index (χ3v) is 9.93. The zero-order valence-electron chi connectivity index (χ0n) is 25.9. The summed E-state index contributed by atoms with van der Waals surface area (Å²) in [4.78, 5) is 40.6. The zero-order valence-corrected chi connectivity index (χ0v) is 25.9. The summed E-state index contributed by atoms with van der Waals surface area (Å²) in [6.07, 6.45) is 8.78. The van der Waals surface area contributed by atoms with Crippen molar-refractivity contribution in [3.05, 3.63) is 81.3 Å². The fourth-order valence-corrected chi connectivity index (χ4v) is 7.23. The quantitative estimate of drug-likeness (QED) is 0.279. The molecule has 45 heavy (non-hydrogen) atoms. The van der Waals surface area contributed by atoms with E-state index in [1.165, 1.54) is 30.5 Å². The number of rotatable bonds is 7. The van der Waals surface area contributed by atoms with Gasteiger partial charge in [-0.3, -0.25) is 19.1 Å². The van der Waals surface area contributed by atoms with Crippen LogP contribution in [-0.2, 0) is 11.3 Å². The third-order valence-electron chi connectivity index (χ3n) is 9.93. The van der Waals surface area contributed by atoms with E-state index in [1.807, 2.05) is 18.3 Å². The first-order valence-electron chi connectivity index (χ1n) is 16.6. The predicted octanol–water partition coefficient (Wildman–Crippen LogP) is 5.98. The molecular weight excluding hydrogens is 569 g/mol. The highest BCUT2D eigenvalue weighted by molar-refractivity contribution is 6.01. The van der Waals surface area contributed by atoms with Gasteiger partial charge in [-0.25, -0.2) is 9.37 Å². The van der Waals surface area contributed by atoms with Gasteiger partial charge in [0.1, 0.15) is 17.2 Å². The first kappa shape index (κ1) is 28.6. The summed E-state index contributed by atoms with van der Waals surface area (Å²) in [5, 5.41) is 1.02. The third kappa shape index (κ3) is 5.72. The number of likely N-dealkylation sites (tertiary alicyclic amines) is 1. The summed E-state index contributed by atoms with van der Waals surface area (Å²) in [5.41, 5.74) is 5.41. The summed E-state index contributed by atoms with van der Waals surface area (Å²) in [5.74, 6) is 1.30. The normalized spacial score (nSPS) is 21.0. The minimum atomic E-state index is -0.454. The van der Waals surface area contributed by atoms with E-state index in [2.05, 4.69) is 22.9 Å².